The molecule has 0 aliphatic carbocycles. The maximum atomic E-state index is 13.3. The van der Waals surface area contributed by atoms with Gasteiger partial charge in [0.25, 0.3) is 0 Å². The lowest BCUT2D eigenvalue weighted by Gasteiger charge is -2.19. The monoisotopic (exact) mass is 322 g/mol. The van der Waals surface area contributed by atoms with Crippen LogP contribution in [0.5, 0.6) is 0 Å². The van der Waals surface area contributed by atoms with Crippen LogP contribution in [0.15, 0.2) is 18.2 Å². The van der Waals surface area contributed by atoms with Gasteiger partial charge in [-0.3, -0.25) is 9.59 Å². The fraction of sp³-hybridized carbons (Fsp3) is 0.429. The molecule has 0 heterocycles. The van der Waals surface area contributed by atoms with Crippen LogP contribution in [0, 0.1) is 5.82 Å². The van der Waals surface area contributed by atoms with E-state index >= 15 is 0 Å². The molecule has 1 aromatic rings. The Bertz CT molecular complexity index is 536. The summed E-state index contributed by atoms with van der Waals surface area (Å²) >= 11 is 0. The second-order valence-corrected chi connectivity index (χ2v) is 4.17. The second-order valence-electron chi connectivity index (χ2n) is 4.17. The largest absolute Gasteiger partial charge is 0.465 e. The quantitative estimate of drug-likeness (QED) is 0.475. The van der Waals surface area contributed by atoms with Crippen molar-refractivity contribution in [3.63, 3.8) is 0 Å². The van der Waals surface area contributed by atoms with Crippen LogP contribution in [0.25, 0.3) is 0 Å². The van der Waals surface area contributed by atoms with Crippen molar-refractivity contribution in [2.45, 2.75) is 25.9 Å². The third-order valence-corrected chi connectivity index (χ3v) is 2.67. The van der Waals surface area contributed by atoms with Crippen LogP contribution >= 0.6 is 0 Å². The fourth-order valence-corrected chi connectivity index (χ4v) is 1.83. The van der Waals surface area contributed by atoms with Crippen LogP contribution in [-0.2, 0) is 25.2 Å². The summed E-state index contributed by atoms with van der Waals surface area (Å²) in [7, 11) is 0. The molecule has 0 saturated heterocycles. The van der Waals surface area contributed by atoms with E-state index in [1.54, 1.807) is 0 Å². The molecule has 0 saturated carbocycles. The molecule has 1 aromatic carbocycles. The van der Waals surface area contributed by atoms with Crippen molar-refractivity contribution in [1.82, 2.24) is 0 Å². The third-order valence-electron chi connectivity index (χ3n) is 2.67. The molecule has 0 atom stereocenters. The van der Waals surface area contributed by atoms with Gasteiger partial charge in [0.2, 0.25) is 0 Å². The van der Waals surface area contributed by atoms with Gasteiger partial charge in [-0.1, -0.05) is 0 Å². The minimum absolute atomic E-state index is 0.147. The van der Waals surface area contributed by atoms with Crippen molar-refractivity contribution in [1.29, 1.82) is 0 Å². The predicted octanol–water partition coefficient (Wildman–Crippen LogP) is 3.05. The highest BCUT2D eigenvalue weighted by molar-refractivity contribution is 6.01. The first-order valence-corrected chi connectivity index (χ1v) is 6.42. The first kappa shape index (κ1) is 17.9. The zero-order valence-electron chi connectivity index (χ0n) is 11.9. The van der Waals surface area contributed by atoms with Crippen molar-refractivity contribution in [3.8, 4) is 0 Å². The Morgan fingerprint density at radius 1 is 1.09 bits per heavy atom. The molecule has 1 rings (SSSR count). The number of esters is 2. The average molecular weight is 322 g/mol. The maximum absolute atomic E-state index is 13.3. The number of ether oxygens (including phenoxy) is 2. The van der Waals surface area contributed by atoms with Gasteiger partial charge in [0.15, 0.2) is 5.92 Å². The predicted molar refractivity (Wildman–Crippen MR) is 67.4 cm³/mol. The van der Waals surface area contributed by atoms with Gasteiger partial charge in [0, 0.05) is 0 Å². The molecule has 0 N–H and O–H groups in total. The smallest absolute Gasteiger partial charge is 0.416 e. The molecule has 122 valence electrons. The van der Waals surface area contributed by atoms with Gasteiger partial charge in [0.1, 0.15) is 5.82 Å². The molecule has 4 nitrogen and oxygen atoms in total. The summed E-state index contributed by atoms with van der Waals surface area (Å²) in [6.45, 7) is 2.56. The molecule has 8 heteroatoms. The summed E-state index contributed by atoms with van der Waals surface area (Å²) in [5.41, 5.74) is -2.12. The summed E-state index contributed by atoms with van der Waals surface area (Å²) in [6, 6.07) is 1.55. The standard InChI is InChI=1S/C14H14F4O4/c1-3-21-12(19)11(13(20)22-4-2)9-7-8(15)5-6-10(9)14(16,17)18/h5-7,11H,3-4H2,1-2H3. The van der Waals surface area contributed by atoms with E-state index in [0.29, 0.717) is 18.2 Å². The Labute approximate surface area is 124 Å². The van der Waals surface area contributed by atoms with Crippen molar-refractivity contribution < 1.29 is 36.6 Å². The van der Waals surface area contributed by atoms with Crippen molar-refractivity contribution in [2.24, 2.45) is 0 Å². The van der Waals surface area contributed by atoms with E-state index in [-0.39, 0.29) is 13.2 Å². The number of halogens is 4. The van der Waals surface area contributed by atoms with Crippen LogP contribution in [-0.4, -0.2) is 25.2 Å². The van der Waals surface area contributed by atoms with E-state index in [0.717, 1.165) is 0 Å². The molecule has 0 spiro atoms. The number of carbonyl (C=O) groups is 2. The van der Waals surface area contributed by atoms with Gasteiger partial charge >= 0.3 is 18.1 Å². The third kappa shape index (κ3) is 4.19. The highest BCUT2D eigenvalue weighted by atomic mass is 19.4. The van der Waals surface area contributed by atoms with Crippen LogP contribution in [0.2, 0.25) is 0 Å². The normalized spacial score (nSPS) is 11.4. The zero-order valence-corrected chi connectivity index (χ0v) is 11.9. The maximum Gasteiger partial charge on any atom is 0.416 e. The van der Waals surface area contributed by atoms with Crippen LogP contribution in [0.3, 0.4) is 0 Å². The van der Waals surface area contributed by atoms with Gasteiger partial charge in [0.05, 0.1) is 18.8 Å². The summed E-state index contributed by atoms with van der Waals surface area (Å²) in [6.07, 6.45) is -4.86. The van der Waals surface area contributed by atoms with Crippen LogP contribution < -0.4 is 0 Å². The number of carbonyl (C=O) groups excluding carboxylic acids is 2. The SMILES string of the molecule is CCOC(=O)C(C(=O)OCC)c1cc(F)ccc1C(F)(F)F. The Hall–Kier alpha value is -2.12. The number of alkyl halides is 3. The van der Waals surface area contributed by atoms with E-state index in [2.05, 4.69) is 9.47 Å². The first-order chi connectivity index (χ1) is 10.2. The lowest BCUT2D eigenvalue weighted by atomic mass is 9.93. The fourth-order valence-electron chi connectivity index (χ4n) is 1.83. The van der Waals surface area contributed by atoms with E-state index < -0.39 is 41.0 Å². The van der Waals surface area contributed by atoms with Gasteiger partial charge in [-0.25, -0.2) is 4.39 Å². The number of hydrogen-bond donors (Lipinski definition) is 0. The Balaban J connectivity index is 3.44. The minimum Gasteiger partial charge on any atom is -0.465 e. The van der Waals surface area contributed by atoms with Crippen molar-refractivity contribution in [2.75, 3.05) is 13.2 Å². The highest BCUT2D eigenvalue weighted by Gasteiger charge is 2.41. The molecule has 0 aliphatic heterocycles. The molecule has 22 heavy (non-hydrogen) atoms. The number of rotatable bonds is 5. The Morgan fingerprint density at radius 3 is 2.00 bits per heavy atom. The van der Waals surface area contributed by atoms with Crippen LogP contribution in [0.1, 0.15) is 30.9 Å². The summed E-state index contributed by atoms with van der Waals surface area (Å²) in [4.78, 5) is 23.7. The first-order valence-electron chi connectivity index (χ1n) is 6.42. The second kappa shape index (κ2) is 7.24. The molecule has 0 unspecified atom stereocenters. The molecule has 0 radical (unpaired) electrons. The highest BCUT2D eigenvalue weighted by Crippen LogP contribution is 2.36. The van der Waals surface area contributed by atoms with Crippen molar-refractivity contribution in [3.05, 3.63) is 35.1 Å². The number of benzene rings is 1. The Morgan fingerprint density at radius 2 is 1.59 bits per heavy atom. The molecule has 0 aliphatic rings. The lowest BCUT2D eigenvalue weighted by molar-refractivity contribution is -0.157. The van der Waals surface area contributed by atoms with Gasteiger partial charge in [-0.2, -0.15) is 13.2 Å². The number of hydrogen-bond acceptors (Lipinski definition) is 4. The molecule has 0 aromatic heterocycles. The van der Waals surface area contributed by atoms with Crippen molar-refractivity contribution >= 4 is 11.9 Å². The molecular weight excluding hydrogens is 308 g/mol. The minimum atomic E-state index is -4.86. The topological polar surface area (TPSA) is 52.6 Å². The zero-order chi connectivity index (χ0) is 16.9. The molecule has 0 fully saturated rings. The average Bonchev–Trinajstić information content (AvgIpc) is 2.38. The van der Waals surface area contributed by atoms with Gasteiger partial charge < -0.3 is 9.47 Å². The molecule has 0 bridgehead atoms. The molecule has 0 amide bonds. The summed E-state index contributed by atoms with van der Waals surface area (Å²) < 4.78 is 61.6. The summed E-state index contributed by atoms with van der Waals surface area (Å²) in [5, 5.41) is 0. The Kier molecular flexibility index (Phi) is 5.90. The van der Waals surface area contributed by atoms with E-state index in [9.17, 15) is 27.2 Å². The summed E-state index contributed by atoms with van der Waals surface area (Å²) in [5.74, 6) is -5.46. The van der Waals surface area contributed by atoms with Gasteiger partial charge in [-0.15, -0.1) is 0 Å². The van der Waals surface area contributed by atoms with Gasteiger partial charge in [-0.05, 0) is 37.6 Å². The van der Waals surface area contributed by atoms with Crippen LogP contribution in [0.4, 0.5) is 17.6 Å². The lowest BCUT2D eigenvalue weighted by Crippen LogP contribution is -2.28. The van der Waals surface area contributed by atoms with E-state index in [1.807, 2.05) is 0 Å². The van der Waals surface area contributed by atoms with E-state index in [4.69, 9.17) is 0 Å². The molecular formula is C14H14F4O4. The van der Waals surface area contributed by atoms with E-state index in [1.165, 1.54) is 13.8 Å².